The van der Waals surface area contributed by atoms with Gasteiger partial charge in [-0.25, -0.2) is 13.9 Å². The van der Waals surface area contributed by atoms with E-state index in [1.807, 2.05) is 6.07 Å². The molecule has 176 valence electrons. The van der Waals surface area contributed by atoms with Crippen LogP contribution < -0.4 is 11.3 Å². The van der Waals surface area contributed by atoms with Crippen molar-refractivity contribution >= 4 is 16.8 Å². The van der Waals surface area contributed by atoms with Gasteiger partial charge in [0.05, 0.1) is 34.1 Å². The average molecular weight is 474 g/mol. The molecule has 0 spiro atoms. The van der Waals surface area contributed by atoms with E-state index in [2.05, 4.69) is 21.2 Å². The largest absolute Gasteiger partial charge is 0.486 e. The number of aromatic nitrogens is 4. The number of nitrogens with two attached hydrogens (primary N) is 1. The summed E-state index contributed by atoms with van der Waals surface area (Å²) in [7, 11) is 1.68. The number of ether oxygens (including phenoxy) is 1. The van der Waals surface area contributed by atoms with Gasteiger partial charge in [-0.2, -0.15) is 15.5 Å². The third kappa shape index (κ3) is 4.74. The Morgan fingerprint density at radius 2 is 2.23 bits per heavy atom. The van der Waals surface area contributed by atoms with Crippen molar-refractivity contribution in [2.75, 3.05) is 0 Å². The predicted molar refractivity (Wildman–Crippen MR) is 127 cm³/mol. The molecule has 0 amide bonds. The average Bonchev–Trinajstić information content (AvgIpc) is 3.44. The molecule has 3 aromatic rings. The number of terminal acetylenes is 1. The fraction of sp³-hybridized carbons (Fsp3) is 0.200. The van der Waals surface area contributed by atoms with Gasteiger partial charge in [0, 0.05) is 31.0 Å². The minimum atomic E-state index is -1.17. The molecule has 0 saturated heterocycles. The third-order valence-electron chi connectivity index (χ3n) is 5.53. The summed E-state index contributed by atoms with van der Waals surface area (Å²) >= 11 is 0. The van der Waals surface area contributed by atoms with Crippen molar-refractivity contribution in [3.8, 4) is 29.5 Å². The Labute approximate surface area is 199 Å². The van der Waals surface area contributed by atoms with Gasteiger partial charge in [-0.05, 0) is 29.8 Å². The van der Waals surface area contributed by atoms with Crippen molar-refractivity contribution in [3.63, 3.8) is 0 Å². The highest BCUT2D eigenvalue weighted by Gasteiger charge is 2.41. The lowest BCUT2D eigenvalue weighted by Crippen LogP contribution is -2.13. The molecule has 0 bridgehead atoms. The topological polar surface area (TPSA) is 123 Å². The predicted octanol–water partition coefficient (Wildman–Crippen LogP) is 3.19. The van der Waals surface area contributed by atoms with Crippen LogP contribution >= 0.6 is 0 Å². The molecule has 2 aromatic heterocycles. The van der Waals surface area contributed by atoms with Crippen molar-refractivity contribution in [1.29, 1.82) is 5.26 Å². The Morgan fingerprint density at radius 1 is 1.46 bits per heavy atom. The number of alkyl halides is 1. The van der Waals surface area contributed by atoms with Crippen molar-refractivity contribution in [2.45, 2.75) is 25.2 Å². The molecule has 4 rings (SSSR count). The molecule has 35 heavy (non-hydrogen) atoms. The van der Waals surface area contributed by atoms with Gasteiger partial charge < -0.3 is 10.5 Å². The molecular formula is C25H20F2N6O2. The maximum absolute atomic E-state index is 13.5. The molecule has 10 heteroatoms. The third-order valence-corrected chi connectivity index (χ3v) is 5.53. The van der Waals surface area contributed by atoms with Gasteiger partial charge in [0.1, 0.15) is 30.4 Å². The summed E-state index contributed by atoms with van der Waals surface area (Å²) in [5, 5.41) is 21.6. The number of fused-ring (bicyclic) bond motifs is 1. The zero-order chi connectivity index (χ0) is 25.1. The van der Waals surface area contributed by atoms with E-state index in [9.17, 15) is 18.8 Å². The van der Waals surface area contributed by atoms with Gasteiger partial charge in [0.25, 0.3) is 5.56 Å². The molecule has 0 unspecified atom stereocenters. The minimum absolute atomic E-state index is 0.00472. The number of nitrogens with zero attached hydrogens (tertiary/aromatic N) is 4. The van der Waals surface area contributed by atoms with Crippen LogP contribution in [0.3, 0.4) is 0 Å². The lowest BCUT2D eigenvalue weighted by molar-refractivity contribution is 0.179. The van der Waals surface area contributed by atoms with Gasteiger partial charge in [-0.1, -0.05) is 12.0 Å². The second-order valence-corrected chi connectivity index (χ2v) is 7.83. The smallest absolute Gasteiger partial charge is 0.272 e. The number of H-pyrrole nitrogens is 1. The maximum atomic E-state index is 13.5. The highest BCUT2D eigenvalue weighted by atomic mass is 19.1. The van der Waals surface area contributed by atoms with Gasteiger partial charge in [-0.15, -0.1) is 6.42 Å². The quantitative estimate of drug-likeness (QED) is 0.235. The van der Waals surface area contributed by atoms with E-state index in [0.29, 0.717) is 33.3 Å². The number of benzene rings is 1. The van der Waals surface area contributed by atoms with E-state index in [-0.39, 0.29) is 41.8 Å². The molecule has 1 aliphatic rings. The summed E-state index contributed by atoms with van der Waals surface area (Å²) in [5.41, 5.74) is 7.65. The lowest BCUT2D eigenvalue weighted by atomic mass is 10.0. The Hall–Kier alpha value is -4.54. The Bertz CT molecular complexity index is 1530. The number of aromatic amines is 1. The van der Waals surface area contributed by atoms with Crippen molar-refractivity contribution in [2.24, 2.45) is 12.8 Å². The van der Waals surface area contributed by atoms with Crippen LogP contribution in [0.5, 0.6) is 0 Å². The van der Waals surface area contributed by atoms with E-state index >= 15 is 0 Å². The molecule has 0 aliphatic heterocycles. The zero-order valence-electron chi connectivity index (χ0n) is 18.6. The van der Waals surface area contributed by atoms with Crippen LogP contribution in [0.2, 0.25) is 0 Å². The fourth-order valence-electron chi connectivity index (χ4n) is 3.53. The number of aryl methyl sites for hydroxylation is 1. The fourth-order valence-corrected chi connectivity index (χ4v) is 3.53. The van der Waals surface area contributed by atoms with Crippen LogP contribution in [0.4, 0.5) is 8.78 Å². The Kier molecular flexibility index (Phi) is 6.58. The Morgan fingerprint density at radius 3 is 2.86 bits per heavy atom. The van der Waals surface area contributed by atoms with Gasteiger partial charge in [0.2, 0.25) is 0 Å². The van der Waals surface area contributed by atoms with Crippen LogP contribution in [0, 0.1) is 23.7 Å². The van der Waals surface area contributed by atoms with Crippen LogP contribution in [0.1, 0.15) is 17.8 Å². The first-order valence-electron chi connectivity index (χ1n) is 10.6. The van der Waals surface area contributed by atoms with Gasteiger partial charge in [-0.3, -0.25) is 9.48 Å². The first-order chi connectivity index (χ1) is 16.9. The SMILES string of the molecule is C#CC(=C\F)/C=C(O[C@@H]1C[C@@H]1F)\C(C#N)=C\c1c(-c2ccc3c(=O)[nH]nc(CN)c3c2)cnn1C. The highest BCUT2D eigenvalue weighted by molar-refractivity contribution is 5.89. The zero-order valence-corrected chi connectivity index (χ0v) is 18.6. The summed E-state index contributed by atoms with van der Waals surface area (Å²) in [6, 6.07) is 7.19. The maximum Gasteiger partial charge on any atom is 0.272 e. The van der Waals surface area contributed by atoms with Crippen LogP contribution in [-0.2, 0) is 18.3 Å². The number of nitriles is 1. The van der Waals surface area contributed by atoms with E-state index in [1.54, 1.807) is 31.4 Å². The standard InChI is InChI=1S/C25H20F2N6O2/c1-3-14(10-26)6-23(35-24-9-20(24)27)16(11-28)8-22-19(13-30-33(22)2)15-4-5-17-18(7-15)21(12-29)31-32-25(17)34/h1,4-8,10,13,20,24H,9,12,29H2,2H3,(H,32,34)/b14-10+,16-8+,23-6+/t20-,24+/m0/s1. The van der Waals surface area contributed by atoms with Gasteiger partial charge in [0.15, 0.2) is 0 Å². The summed E-state index contributed by atoms with van der Waals surface area (Å²) in [5.74, 6) is 2.09. The van der Waals surface area contributed by atoms with Crippen molar-refractivity contribution in [1.82, 2.24) is 20.0 Å². The van der Waals surface area contributed by atoms with Crippen LogP contribution in [0.15, 0.2) is 58.5 Å². The first-order valence-corrected chi connectivity index (χ1v) is 10.6. The molecule has 1 aromatic carbocycles. The van der Waals surface area contributed by atoms with Crippen molar-refractivity contribution < 1.29 is 13.5 Å². The number of hydrogen-bond donors (Lipinski definition) is 2. The minimum Gasteiger partial charge on any atom is -0.486 e. The molecule has 1 saturated carbocycles. The number of allylic oxidation sites excluding steroid dienone is 3. The monoisotopic (exact) mass is 474 g/mol. The highest BCUT2D eigenvalue weighted by Crippen LogP contribution is 2.34. The number of rotatable bonds is 7. The van der Waals surface area contributed by atoms with Crippen LogP contribution in [0.25, 0.3) is 28.0 Å². The molecule has 1 fully saturated rings. The molecule has 1 aliphatic carbocycles. The van der Waals surface area contributed by atoms with E-state index in [0.717, 1.165) is 0 Å². The van der Waals surface area contributed by atoms with E-state index < -0.39 is 12.3 Å². The molecular weight excluding hydrogens is 454 g/mol. The second kappa shape index (κ2) is 9.75. The molecule has 0 radical (unpaired) electrons. The summed E-state index contributed by atoms with van der Waals surface area (Å²) in [4.78, 5) is 12.2. The second-order valence-electron chi connectivity index (χ2n) is 7.83. The van der Waals surface area contributed by atoms with Crippen molar-refractivity contribution in [3.05, 3.63) is 75.4 Å². The van der Waals surface area contributed by atoms with E-state index in [1.165, 1.54) is 16.8 Å². The van der Waals surface area contributed by atoms with E-state index in [4.69, 9.17) is 16.9 Å². The summed E-state index contributed by atoms with van der Waals surface area (Å²) in [6.07, 6.45) is 8.05. The number of nitrogens with one attached hydrogen (secondary N) is 1. The summed E-state index contributed by atoms with van der Waals surface area (Å²) < 4.78 is 33.8. The lowest BCUT2D eigenvalue weighted by Gasteiger charge is -2.10. The molecule has 8 nitrogen and oxygen atoms in total. The molecule has 2 heterocycles. The first kappa shape index (κ1) is 23.6. The molecule has 2 atom stereocenters. The molecule has 3 N–H and O–H groups in total. The normalized spacial score (nSPS) is 18.3. The van der Waals surface area contributed by atoms with Gasteiger partial charge >= 0.3 is 0 Å². The number of halogens is 2. The summed E-state index contributed by atoms with van der Waals surface area (Å²) in [6.45, 7) is 0.122. The Balaban J connectivity index is 1.84. The van der Waals surface area contributed by atoms with Crippen LogP contribution in [-0.4, -0.2) is 32.3 Å². The number of hydrogen-bond acceptors (Lipinski definition) is 6.